The van der Waals surface area contributed by atoms with Gasteiger partial charge in [-0.05, 0) is 37.5 Å². The van der Waals surface area contributed by atoms with E-state index in [2.05, 4.69) is 5.32 Å². The van der Waals surface area contributed by atoms with Crippen LogP contribution in [-0.2, 0) is 14.3 Å². The number of thioether (sulfide) groups is 1. The Morgan fingerprint density at radius 3 is 2.64 bits per heavy atom. The van der Waals surface area contributed by atoms with Crippen molar-refractivity contribution in [2.75, 3.05) is 12.0 Å². The van der Waals surface area contributed by atoms with Crippen LogP contribution in [0, 0.1) is 0 Å². The molecule has 1 aromatic carbocycles. The van der Waals surface area contributed by atoms with Crippen LogP contribution in [0.1, 0.15) is 29.9 Å². The Bertz CT molecular complexity index is 1100. The van der Waals surface area contributed by atoms with E-state index in [9.17, 15) is 24.3 Å². The number of hydrogen-bond acceptors (Lipinski definition) is 8. The number of carboxylic acids is 1. The van der Waals surface area contributed by atoms with Gasteiger partial charge in [0, 0.05) is 12.3 Å². The van der Waals surface area contributed by atoms with Crippen LogP contribution in [0.15, 0.2) is 52.2 Å². The number of carboxylic acid groups (broad SMARTS) is 1. The van der Waals surface area contributed by atoms with Crippen LogP contribution in [0.25, 0.3) is 0 Å². The first-order valence-corrected chi connectivity index (χ1v) is 11.4. The summed E-state index contributed by atoms with van der Waals surface area (Å²) in [6.07, 6.45) is -1.54. The third-order valence-electron chi connectivity index (χ3n) is 5.21. The SMILES string of the molecule is CSCC[C@H](N[C@H]1O[C@H](n2ccc(=O)[nH]c2=O)[C@@](C)(F)[C@H]1OC(=O)c1ccccc1)C(=O)O. The summed E-state index contributed by atoms with van der Waals surface area (Å²) in [6.45, 7) is 1.08. The summed E-state index contributed by atoms with van der Waals surface area (Å²) in [5, 5.41) is 12.3. The first-order valence-electron chi connectivity index (χ1n) is 10.0. The van der Waals surface area contributed by atoms with E-state index in [1.54, 1.807) is 18.2 Å². The molecule has 33 heavy (non-hydrogen) atoms. The summed E-state index contributed by atoms with van der Waals surface area (Å²) in [6, 6.07) is 7.78. The lowest BCUT2D eigenvalue weighted by Gasteiger charge is -2.28. The van der Waals surface area contributed by atoms with Gasteiger partial charge in [0.05, 0.1) is 5.56 Å². The number of aliphatic carboxylic acids is 1. The second-order valence-corrected chi connectivity index (χ2v) is 8.59. The molecule has 12 heteroatoms. The number of esters is 1. The standard InChI is InChI=1S/C21H24FN3O7S/c1-21(22)15(31-18(29)12-6-4-3-5-7-12)16(23-13(17(27)28)9-11-33-2)32-19(21)25-10-8-14(26)24-20(25)30/h3-8,10,13,15-16,19,23H,9,11H2,1-2H3,(H,27,28)(H,24,26,30)/t13-,15-,16-,19-,21-/m0/s1. The fraction of sp³-hybridized carbons (Fsp3) is 0.429. The second kappa shape index (κ2) is 10.3. The Hall–Kier alpha value is -2.96. The molecule has 3 rings (SSSR count). The molecule has 0 spiro atoms. The molecule has 1 aromatic heterocycles. The third kappa shape index (κ3) is 5.52. The number of alkyl halides is 1. The van der Waals surface area contributed by atoms with Crippen LogP contribution in [0.3, 0.4) is 0 Å². The number of carbonyl (C=O) groups is 2. The minimum Gasteiger partial charge on any atom is -0.480 e. The molecule has 0 saturated carbocycles. The monoisotopic (exact) mass is 481 g/mol. The van der Waals surface area contributed by atoms with Crippen LogP contribution < -0.4 is 16.6 Å². The van der Waals surface area contributed by atoms with Gasteiger partial charge in [-0.2, -0.15) is 11.8 Å². The van der Waals surface area contributed by atoms with Crippen LogP contribution >= 0.6 is 11.8 Å². The van der Waals surface area contributed by atoms with Gasteiger partial charge < -0.3 is 14.6 Å². The molecule has 2 heterocycles. The molecule has 1 saturated heterocycles. The Labute approximate surface area is 192 Å². The Balaban J connectivity index is 1.96. The summed E-state index contributed by atoms with van der Waals surface area (Å²) in [7, 11) is 0. The predicted molar refractivity (Wildman–Crippen MR) is 118 cm³/mol. The molecule has 0 amide bonds. The predicted octanol–water partition coefficient (Wildman–Crippen LogP) is 1.14. The maximum Gasteiger partial charge on any atom is 0.338 e. The highest BCUT2D eigenvalue weighted by Crippen LogP contribution is 2.42. The van der Waals surface area contributed by atoms with E-state index in [1.165, 1.54) is 23.9 Å². The van der Waals surface area contributed by atoms with Crippen molar-refractivity contribution < 1.29 is 28.6 Å². The average molecular weight is 482 g/mol. The van der Waals surface area contributed by atoms with Crippen molar-refractivity contribution in [3.8, 4) is 0 Å². The Morgan fingerprint density at radius 1 is 1.33 bits per heavy atom. The number of nitrogens with zero attached hydrogens (tertiary/aromatic N) is 1. The number of benzene rings is 1. The lowest BCUT2D eigenvalue weighted by molar-refractivity contribution is -0.142. The lowest BCUT2D eigenvalue weighted by Crippen LogP contribution is -2.52. The molecule has 1 fully saturated rings. The van der Waals surface area contributed by atoms with Gasteiger partial charge in [-0.3, -0.25) is 24.5 Å². The van der Waals surface area contributed by atoms with Gasteiger partial charge in [-0.1, -0.05) is 18.2 Å². The summed E-state index contributed by atoms with van der Waals surface area (Å²) in [4.78, 5) is 50.1. The molecular weight excluding hydrogens is 457 g/mol. The normalized spacial score (nSPS) is 25.5. The number of nitrogens with one attached hydrogen (secondary N) is 2. The summed E-state index contributed by atoms with van der Waals surface area (Å²) < 4.78 is 28.1. The molecule has 0 radical (unpaired) electrons. The largest absolute Gasteiger partial charge is 0.480 e. The number of aromatic amines is 1. The maximum atomic E-state index is 16.1. The van der Waals surface area contributed by atoms with Crippen LogP contribution in [0.5, 0.6) is 0 Å². The highest BCUT2D eigenvalue weighted by molar-refractivity contribution is 7.98. The van der Waals surface area contributed by atoms with Gasteiger partial charge in [0.1, 0.15) is 6.04 Å². The molecule has 2 aromatic rings. The van der Waals surface area contributed by atoms with Crippen molar-refractivity contribution in [3.63, 3.8) is 0 Å². The van der Waals surface area contributed by atoms with Gasteiger partial charge in [0.15, 0.2) is 24.2 Å². The van der Waals surface area contributed by atoms with Crippen LogP contribution in [0.2, 0.25) is 0 Å². The van der Waals surface area contributed by atoms with E-state index in [-0.39, 0.29) is 12.0 Å². The van der Waals surface area contributed by atoms with E-state index in [0.717, 1.165) is 23.8 Å². The lowest BCUT2D eigenvalue weighted by atomic mass is 9.99. The van der Waals surface area contributed by atoms with E-state index in [4.69, 9.17) is 9.47 Å². The molecule has 1 aliphatic rings. The van der Waals surface area contributed by atoms with Crippen molar-refractivity contribution in [1.29, 1.82) is 0 Å². The number of ether oxygens (including phenoxy) is 2. The number of hydrogen-bond donors (Lipinski definition) is 3. The Morgan fingerprint density at radius 2 is 2.03 bits per heavy atom. The molecular formula is C21H24FN3O7S. The zero-order valence-corrected chi connectivity index (χ0v) is 18.7. The minimum absolute atomic E-state index is 0.161. The average Bonchev–Trinajstić information content (AvgIpc) is 3.01. The van der Waals surface area contributed by atoms with Gasteiger partial charge >= 0.3 is 17.6 Å². The van der Waals surface area contributed by atoms with E-state index in [0.29, 0.717) is 5.75 Å². The number of carbonyl (C=O) groups excluding carboxylic acids is 1. The molecule has 5 atom stereocenters. The van der Waals surface area contributed by atoms with Crippen LogP contribution in [-0.4, -0.2) is 62.6 Å². The van der Waals surface area contributed by atoms with Gasteiger partial charge in [0.2, 0.25) is 0 Å². The second-order valence-electron chi connectivity index (χ2n) is 7.61. The van der Waals surface area contributed by atoms with Crippen molar-refractivity contribution in [2.45, 2.75) is 43.6 Å². The smallest absolute Gasteiger partial charge is 0.338 e. The quantitative estimate of drug-likeness (QED) is 0.450. The first kappa shape index (κ1) is 24.7. The van der Waals surface area contributed by atoms with Crippen molar-refractivity contribution in [2.24, 2.45) is 0 Å². The number of rotatable bonds is 9. The zero-order chi connectivity index (χ0) is 24.2. The minimum atomic E-state index is -2.47. The van der Waals surface area contributed by atoms with Crippen LogP contribution in [0.4, 0.5) is 4.39 Å². The third-order valence-corrected chi connectivity index (χ3v) is 5.86. The van der Waals surface area contributed by atoms with Gasteiger partial charge in [-0.25, -0.2) is 14.0 Å². The van der Waals surface area contributed by atoms with Gasteiger partial charge in [-0.15, -0.1) is 0 Å². The van der Waals surface area contributed by atoms with E-state index >= 15 is 4.39 Å². The highest BCUT2D eigenvalue weighted by atomic mass is 32.2. The van der Waals surface area contributed by atoms with Crippen molar-refractivity contribution in [3.05, 3.63) is 69.0 Å². The maximum absolute atomic E-state index is 16.1. The number of H-pyrrole nitrogens is 1. The molecule has 0 aliphatic carbocycles. The topological polar surface area (TPSA) is 140 Å². The first-order chi connectivity index (χ1) is 15.6. The van der Waals surface area contributed by atoms with Crippen molar-refractivity contribution >= 4 is 23.7 Å². The summed E-state index contributed by atoms with van der Waals surface area (Å²) in [5.41, 5.74) is -3.91. The summed E-state index contributed by atoms with van der Waals surface area (Å²) in [5.74, 6) is -1.53. The molecule has 10 nitrogen and oxygen atoms in total. The molecule has 1 aliphatic heterocycles. The van der Waals surface area contributed by atoms with Gasteiger partial charge in [0.25, 0.3) is 5.56 Å². The van der Waals surface area contributed by atoms with E-state index in [1.807, 2.05) is 11.2 Å². The zero-order valence-electron chi connectivity index (χ0n) is 17.9. The highest BCUT2D eigenvalue weighted by Gasteiger charge is 2.58. The number of aromatic nitrogens is 2. The fourth-order valence-electron chi connectivity index (χ4n) is 3.50. The molecule has 178 valence electrons. The molecule has 0 unspecified atom stereocenters. The molecule has 0 bridgehead atoms. The molecule has 3 N–H and O–H groups in total. The fourth-order valence-corrected chi connectivity index (χ4v) is 3.97. The van der Waals surface area contributed by atoms with E-state index < -0.39 is 53.5 Å². The number of halogens is 1. The van der Waals surface area contributed by atoms with Crippen molar-refractivity contribution in [1.82, 2.24) is 14.9 Å². The summed E-state index contributed by atoms with van der Waals surface area (Å²) >= 11 is 1.43. The Kier molecular flexibility index (Phi) is 7.72.